The van der Waals surface area contributed by atoms with Crippen molar-refractivity contribution in [3.8, 4) is 11.4 Å². The van der Waals surface area contributed by atoms with E-state index >= 15 is 0 Å². The van der Waals surface area contributed by atoms with Crippen molar-refractivity contribution in [2.45, 2.75) is 6.92 Å². The van der Waals surface area contributed by atoms with E-state index in [1.807, 2.05) is 31.2 Å². The summed E-state index contributed by atoms with van der Waals surface area (Å²) in [4.78, 5) is 19.0. The Kier molecular flexibility index (Phi) is 2.49. The predicted molar refractivity (Wildman–Crippen MR) is 67.9 cm³/mol. The van der Waals surface area contributed by atoms with E-state index in [9.17, 15) is 4.79 Å². The molecule has 0 spiro atoms. The van der Waals surface area contributed by atoms with Gasteiger partial charge in [-0.15, -0.1) is 5.10 Å². The van der Waals surface area contributed by atoms with Crippen LogP contribution >= 0.6 is 0 Å². The molecule has 19 heavy (non-hydrogen) atoms. The SMILES string of the molecule is Cc1ccc(-c2nc3nc(C(=O)O)ccn3n2)cc1. The van der Waals surface area contributed by atoms with E-state index in [4.69, 9.17) is 5.11 Å². The van der Waals surface area contributed by atoms with Gasteiger partial charge in [0.15, 0.2) is 11.5 Å². The van der Waals surface area contributed by atoms with Gasteiger partial charge in [0.1, 0.15) is 0 Å². The van der Waals surface area contributed by atoms with Crippen molar-refractivity contribution in [3.05, 3.63) is 47.8 Å². The van der Waals surface area contributed by atoms with Gasteiger partial charge in [0, 0.05) is 11.8 Å². The highest BCUT2D eigenvalue weighted by molar-refractivity contribution is 5.85. The summed E-state index contributed by atoms with van der Waals surface area (Å²) in [6.07, 6.45) is 1.54. The lowest BCUT2D eigenvalue weighted by Gasteiger charge is -1.94. The number of hydrogen-bond acceptors (Lipinski definition) is 4. The normalized spacial score (nSPS) is 10.8. The molecule has 3 aromatic rings. The monoisotopic (exact) mass is 254 g/mol. The molecule has 2 aromatic heterocycles. The molecule has 0 saturated heterocycles. The first-order valence-corrected chi connectivity index (χ1v) is 5.67. The molecule has 94 valence electrons. The zero-order valence-electron chi connectivity index (χ0n) is 10.1. The average Bonchev–Trinajstić information content (AvgIpc) is 2.82. The molecule has 0 bridgehead atoms. The van der Waals surface area contributed by atoms with Crippen LogP contribution in [-0.4, -0.2) is 30.7 Å². The second kappa shape index (κ2) is 4.16. The summed E-state index contributed by atoms with van der Waals surface area (Å²) >= 11 is 0. The summed E-state index contributed by atoms with van der Waals surface area (Å²) in [5.74, 6) is -0.284. The summed E-state index contributed by atoms with van der Waals surface area (Å²) in [7, 11) is 0. The van der Waals surface area contributed by atoms with Gasteiger partial charge in [-0.2, -0.15) is 4.98 Å². The van der Waals surface area contributed by atoms with Gasteiger partial charge in [0.05, 0.1) is 0 Å². The molecule has 1 N–H and O–H groups in total. The third kappa shape index (κ3) is 2.03. The van der Waals surface area contributed by atoms with Gasteiger partial charge in [-0.3, -0.25) is 0 Å². The highest BCUT2D eigenvalue weighted by Crippen LogP contribution is 2.16. The molecular weight excluding hydrogens is 244 g/mol. The van der Waals surface area contributed by atoms with Gasteiger partial charge in [-0.05, 0) is 13.0 Å². The Labute approximate surface area is 108 Å². The van der Waals surface area contributed by atoms with Crippen LogP contribution in [0.4, 0.5) is 0 Å². The lowest BCUT2D eigenvalue weighted by Crippen LogP contribution is -2.02. The topological polar surface area (TPSA) is 80.4 Å². The minimum absolute atomic E-state index is 0.0460. The maximum Gasteiger partial charge on any atom is 0.354 e. The van der Waals surface area contributed by atoms with E-state index in [1.165, 1.54) is 16.8 Å². The molecule has 1 aromatic carbocycles. The minimum atomic E-state index is -1.08. The zero-order valence-corrected chi connectivity index (χ0v) is 10.1. The molecule has 0 aliphatic heterocycles. The van der Waals surface area contributed by atoms with Crippen molar-refractivity contribution in [1.82, 2.24) is 19.6 Å². The van der Waals surface area contributed by atoms with E-state index in [2.05, 4.69) is 15.1 Å². The van der Waals surface area contributed by atoms with Gasteiger partial charge >= 0.3 is 5.97 Å². The Bertz CT molecular complexity index is 762. The molecule has 0 amide bonds. The largest absolute Gasteiger partial charge is 0.477 e. The van der Waals surface area contributed by atoms with Crippen LogP contribution in [0.2, 0.25) is 0 Å². The third-order valence-corrected chi connectivity index (χ3v) is 2.74. The maximum atomic E-state index is 10.8. The first-order valence-electron chi connectivity index (χ1n) is 5.67. The van der Waals surface area contributed by atoms with E-state index in [0.29, 0.717) is 5.82 Å². The predicted octanol–water partition coefficient (Wildman–Crippen LogP) is 1.80. The summed E-state index contributed by atoms with van der Waals surface area (Å²) in [6, 6.07) is 9.17. The number of hydrogen-bond donors (Lipinski definition) is 1. The van der Waals surface area contributed by atoms with Crippen molar-refractivity contribution >= 4 is 11.7 Å². The van der Waals surface area contributed by atoms with Crippen molar-refractivity contribution in [2.75, 3.05) is 0 Å². The molecule has 0 aliphatic rings. The molecule has 0 atom stereocenters. The molecule has 6 heteroatoms. The second-order valence-electron chi connectivity index (χ2n) is 4.16. The van der Waals surface area contributed by atoms with E-state index in [0.717, 1.165) is 11.1 Å². The second-order valence-corrected chi connectivity index (χ2v) is 4.16. The average molecular weight is 254 g/mol. The number of aromatic nitrogens is 4. The smallest absolute Gasteiger partial charge is 0.354 e. The summed E-state index contributed by atoms with van der Waals surface area (Å²) in [5.41, 5.74) is 1.97. The van der Waals surface area contributed by atoms with E-state index in [1.54, 1.807) is 0 Å². The van der Waals surface area contributed by atoms with Crippen molar-refractivity contribution in [2.24, 2.45) is 0 Å². The molecule has 0 aliphatic carbocycles. The summed E-state index contributed by atoms with van der Waals surface area (Å²) in [6.45, 7) is 2.00. The fourth-order valence-electron chi connectivity index (χ4n) is 1.72. The number of carboxylic acids is 1. The van der Waals surface area contributed by atoms with Crippen LogP contribution in [0, 0.1) is 6.92 Å². The zero-order chi connectivity index (χ0) is 13.4. The molecule has 2 heterocycles. The standard InChI is InChI=1S/C13H10N4O2/c1-8-2-4-9(5-3-8)11-15-13-14-10(12(18)19)6-7-17(13)16-11/h2-7H,1H3,(H,18,19). The molecule has 0 saturated carbocycles. The van der Waals surface area contributed by atoms with Crippen LogP contribution in [0.1, 0.15) is 16.1 Å². The van der Waals surface area contributed by atoms with Crippen LogP contribution in [0.5, 0.6) is 0 Å². The molecule has 3 rings (SSSR count). The van der Waals surface area contributed by atoms with E-state index in [-0.39, 0.29) is 11.5 Å². The van der Waals surface area contributed by atoms with Crippen LogP contribution in [0.3, 0.4) is 0 Å². The Balaban J connectivity index is 2.11. The Morgan fingerprint density at radius 2 is 1.89 bits per heavy atom. The van der Waals surface area contributed by atoms with Crippen molar-refractivity contribution in [3.63, 3.8) is 0 Å². The molecule has 0 unspecified atom stereocenters. The minimum Gasteiger partial charge on any atom is -0.477 e. The number of rotatable bonds is 2. The van der Waals surface area contributed by atoms with Crippen LogP contribution in [-0.2, 0) is 0 Å². The number of nitrogens with zero attached hydrogens (tertiary/aromatic N) is 4. The van der Waals surface area contributed by atoms with Crippen molar-refractivity contribution < 1.29 is 9.90 Å². The number of carboxylic acid groups (broad SMARTS) is 1. The number of aromatic carboxylic acids is 1. The molecular formula is C13H10N4O2. The highest BCUT2D eigenvalue weighted by Gasteiger charge is 2.10. The number of fused-ring (bicyclic) bond motifs is 1. The van der Waals surface area contributed by atoms with Crippen LogP contribution < -0.4 is 0 Å². The fourth-order valence-corrected chi connectivity index (χ4v) is 1.72. The lowest BCUT2D eigenvalue weighted by atomic mass is 10.1. The fraction of sp³-hybridized carbons (Fsp3) is 0.0769. The van der Waals surface area contributed by atoms with Gasteiger partial charge in [0.25, 0.3) is 5.78 Å². The Morgan fingerprint density at radius 1 is 1.16 bits per heavy atom. The summed E-state index contributed by atoms with van der Waals surface area (Å²) in [5, 5.41) is 13.1. The van der Waals surface area contributed by atoms with Crippen LogP contribution in [0.15, 0.2) is 36.5 Å². The lowest BCUT2D eigenvalue weighted by molar-refractivity contribution is 0.0690. The van der Waals surface area contributed by atoms with Crippen LogP contribution in [0.25, 0.3) is 17.2 Å². The number of aryl methyl sites for hydroxylation is 1. The highest BCUT2D eigenvalue weighted by atomic mass is 16.4. The van der Waals surface area contributed by atoms with Gasteiger partial charge in [-0.25, -0.2) is 14.3 Å². The number of carbonyl (C=O) groups is 1. The Hall–Kier alpha value is -2.76. The maximum absolute atomic E-state index is 10.8. The first kappa shape index (κ1) is 11.3. The van der Waals surface area contributed by atoms with Gasteiger partial charge in [-0.1, -0.05) is 29.8 Å². The van der Waals surface area contributed by atoms with Gasteiger partial charge in [0.2, 0.25) is 0 Å². The van der Waals surface area contributed by atoms with Crippen molar-refractivity contribution in [1.29, 1.82) is 0 Å². The van der Waals surface area contributed by atoms with E-state index < -0.39 is 5.97 Å². The molecule has 6 nitrogen and oxygen atoms in total. The molecule has 0 fully saturated rings. The number of benzene rings is 1. The third-order valence-electron chi connectivity index (χ3n) is 2.74. The van der Waals surface area contributed by atoms with Gasteiger partial charge < -0.3 is 5.11 Å². The first-order chi connectivity index (χ1) is 9.13. The quantitative estimate of drug-likeness (QED) is 0.754. The molecule has 0 radical (unpaired) electrons. The summed E-state index contributed by atoms with van der Waals surface area (Å²) < 4.78 is 1.46. The Morgan fingerprint density at radius 3 is 2.58 bits per heavy atom.